The fourth-order valence-electron chi connectivity index (χ4n) is 1.08. The first-order valence-corrected chi connectivity index (χ1v) is 6.36. The molecule has 152 valence electrons. The van der Waals surface area contributed by atoms with Gasteiger partial charge in [-0.3, -0.25) is 0 Å². The van der Waals surface area contributed by atoms with E-state index < -0.39 is 51.4 Å². The molecule has 19 heteroatoms. The van der Waals surface area contributed by atoms with Crippen LogP contribution in [0.3, 0.4) is 0 Å². The van der Waals surface area contributed by atoms with Crippen LogP contribution in [0.1, 0.15) is 0 Å². The quantitative estimate of drug-likeness (QED) is 0.321. The average Bonchev–Trinajstić information content (AvgIpc) is 2.35. The van der Waals surface area contributed by atoms with Gasteiger partial charge in [0, 0.05) is 0 Å². The third-order valence-corrected chi connectivity index (χ3v) is 3.44. The summed E-state index contributed by atoms with van der Waals surface area (Å²) < 4.78 is 205. The summed E-state index contributed by atoms with van der Waals surface area (Å²) in [5.74, 6) is -40.5. The number of rotatable bonds is 7. The maximum Gasteiger partial charge on any atom is 1.00 e. The normalized spacial score (nSPS) is 15.8. The molecule has 0 spiro atoms. The zero-order valence-electron chi connectivity index (χ0n) is 11.5. The molecule has 0 rings (SSSR count). The van der Waals surface area contributed by atoms with Crippen LogP contribution in [-0.4, -0.2) is 54.3 Å². The second-order valence-electron chi connectivity index (χ2n) is 4.19. The number of halogens is 14. The third kappa shape index (κ3) is 3.50. The van der Waals surface area contributed by atoms with Crippen molar-refractivity contribution in [3.8, 4) is 0 Å². The zero-order valence-corrected chi connectivity index (χ0v) is 14.3. The monoisotopic (exact) mass is 454 g/mol. The zero-order chi connectivity index (χ0) is 21.1. The topological polar surface area (TPSA) is 57.2 Å². The van der Waals surface area contributed by atoms with E-state index in [1.165, 1.54) is 0 Å². The van der Waals surface area contributed by atoms with Crippen molar-refractivity contribution in [1.82, 2.24) is 0 Å². The molecule has 0 aromatic rings. The van der Waals surface area contributed by atoms with Gasteiger partial charge < -0.3 is 4.55 Å². The molecule has 0 amide bonds. The van der Waals surface area contributed by atoms with Gasteiger partial charge in [0.1, 0.15) is 0 Å². The summed E-state index contributed by atoms with van der Waals surface area (Å²) in [6.45, 7) is 0. The SMILES string of the molecule is O=S(=O)([O-])C(F)(F)C(F)(F)C(F)(F)C(F)(F)C(F)(F)C(F)(F)C(F)F.[Na+]. The number of hydrogen-bond donors (Lipinski definition) is 0. The van der Waals surface area contributed by atoms with Crippen molar-refractivity contribution in [3.63, 3.8) is 0 Å². The standard InChI is InChI=1S/C7H2F14O3S.Na/c8-1(9)2(10,11)3(12,13)4(14,15)5(16,17)6(18,19)7(20,21)25(22,23)24;/h1H,(H,22,23,24);/q;+1/p-1. The summed E-state index contributed by atoms with van der Waals surface area (Å²) in [5, 5.41) is -7.71. The maximum atomic E-state index is 12.9. The molecule has 0 aliphatic carbocycles. The Hall–Kier alpha value is -0.0700. The fraction of sp³-hybridized carbons (Fsp3) is 1.00. The second kappa shape index (κ2) is 7.07. The summed E-state index contributed by atoms with van der Waals surface area (Å²) in [6, 6.07) is 0. The number of hydrogen-bond acceptors (Lipinski definition) is 3. The fourth-order valence-corrected chi connectivity index (χ4v) is 1.52. The van der Waals surface area contributed by atoms with E-state index in [0.717, 1.165) is 0 Å². The van der Waals surface area contributed by atoms with Gasteiger partial charge in [-0.25, -0.2) is 17.2 Å². The molecule has 0 atom stereocenters. The van der Waals surface area contributed by atoms with Crippen LogP contribution in [0, 0.1) is 0 Å². The molecule has 0 N–H and O–H groups in total. The summed E-state index contributed by atoms with van der Waals surface area (Å²) in [4.78, 5) is 0. The molecule has 26 heavy (non-hydrogen) atoms. The average molecular weight is 454 g/mol. The smallest absolute Gasteiger partial charge is 0.743 e. The predicted octanol–water partition coefficient (Wildman–Crippen LogP) is 0.570. The summed E-state index contributed by atoms with van der Waals surface area (Å²) in [5.41, 5.74) is 0. The molecule has 0 bridgehead atoms. The van der Waals surface area contributed by atoms with Crippen LogP contribution in [0.15, 0.2) is 0 Å². The first kappa shape index (κ1) is 28.1. The van der Waals surface area contributed by atoms with E-state index in [0.29, 0.717) is 0 Å². The molecule has 0 aromatic heterocycles. The van der Waals surface area contributed by atoms with Crippen molar-refractivity contribution in [2.45, 2.75) is 41.3 Å². The van der Waals surface area contributed by atoms with Gasteiger partial charge in [0.25, 0.3) is 0 Å². The molecule has 0 heterocycles. The van der Waals surface area contributed by atoms with E-state index in [-0.39, 0.29) is 29.6 Å². The Morgan fingerprint density at radius 3 is 1.12 bits per heavy atom. The van der Waals surface area contributed by atoms with Crippen LogP contribution in [-0.2, 0) is 10.1 Å². The molecule has 0 aliphatic rings. The first-order valence-electron chi connectivity index (χ1n) is 4.95. The Kier molecular flexibility index (Phi) is 7.65. The molecule has 0 saturated heterocycles. The van der Waals surface area contributed by atoms with Gasteiger partial charge in [-0.1, -0.05) is 0 Å². The van der Waals surface area contributed by atoms with Crippen molar-refractivity contribution in [3.05, 3.63) is 0 Å². The Balaban J connectivity index is 0. The predicted molar refractivity (Wildman–Crippen MR) is 45.4 cm³/mol. The molecule has 0 saturated carbocycles. The van der Waals surface area contributed by atoms with Crippen LogP contribution in [0.5, 0.6) is 0 Å². The van der Waals surface area contributed by atoms with Crippen LogP contribution in [0.2, 0.25) is 0 Å². The molecule has 0 aliphatic heterocycles. The third-order valence-electron chi connectivity index (χ3n) is 2.56. The van der Waals surface area contributed by atoms with Crippen molar-refractivity contribution >= 4 is 10.1 Å². The Morgan fingerprint density at radius 1 is 0.615 bits per heavy atom. The molecule has 0 fully saturated rings. The van der Waals surface area contributed by atoms with Gasteiger partial charge in [-0.15, -0.1) is 0 Å². The van der Waals surface area contributed by atoms with Gasteiger partial charge in [0.05, 0.1) is 0 Å². The van der Waals surface area contributed by atoms with Crippen LogP contribution in [0.4, 0.5) is 61.5 Å². The van der Waals surface area contributed by atoms with Crippen molar-refractivity contribution in [2.75, 3.05) is 0 Å². The molecular formula is C7HF14NaO3S. The van der Waals surface area contributed by atoms with E-state index in [2.05, 4.69) is 0 Å². The summed E-state index contributed by atoms with van der Waals surface area (Å²) >= 11 is 0. The molecule has 0 radical (unpaired) electrons. The largest absolute Gasteiger partial charge is 1.00 e. The minimum absolute atomic E-state index is 0. The molecule has 0 unspecified atom stereocenters. The Morgan fingerprint density at radius 2 is 0.885 bits per heavy atom. The van der Waals surface area contributed by atoms with Gasteiger partial charge in [-0.05, 0) is 0 Å². The van der Waals surface area contributed by atoms with Crippen molar-refractivity contribution in [1.29, 1.82) is 0 Å². The second-order valence-corrected chi connectivity index (χ2v) is 5.61. The van der Waals surface area contributed by atoms with Crippen molar-refractivity contribution < 1.29 is 104 Å². The Bertz CT molecular complexity index is 614. The van der Waals surface area contributed by atoms with Gasteiger partial charge >= 0.3 is 70.8 Å². The van der Waals surface area contributed by atoms with Gasteiger partial charge in [0.2, 0.25) is 0 Å². The van der Waals surface area contributed by atoms with E-state index in [1.54, 1.807) is 0 Å². The van der Waals surface area contributed by atoms with Crippen LogP contribution in [0.25, 0.3) is 0 Å². The minimum Gasteiger partial charge on any atom is -0.743 e. The first-order chi connectivity index (χ1) is 10.4. The summed E-state index contributed by atoms with van der Waals surface area (Å²) in [7, 11) is -7.93. The molecule has 3 nitrogen and oxygen atoms in total. The van der Waals surface area contributed by atoms with Crippen LogP contribution >= 0.6 is 0 Å². The minimum atomic E-state index is -8.40. The van der Waals surface area contributed by atoms with Crippen LogP contribution < -0.4 is 29.6 Å². The molecular weight excluding hydrogens is 453 g/mol. The van der Waals surface area contributed by atoms with Gasteiger partial charge in [0.15, 0.2) is 10.1 Å². The van der Waals surface area contributed by atoms with E-state index in [9.17, 15) is 74.4 Å². The van der Waals surface area contributed by atoms with E-state index in [1.807, 2.05) is 0 Å². The Labute approximate surface area is 155 Å². The maximum absolute atomic E-state index is 12.9. The summed E-state index contributed by atoms with van der Waals surface area (Å²) in [6.07, 6.45) is -5.86. The van der Waals surface area contributed by atoms with E-state index >= 15 is 0 Å². The van der Waals surface area contributed by atoms with Crippen molar-refractivity contribution in [2.24, 2.45) is 0 Å². The number of alkyl halides is 14. The molecule has 0 aromatic carbocycles. The van der Waals surface area contributed by atoms with E-state index in [4.69, 9.17) is 0 Å². The van der Waals surface area contributed by atoms with Gasteiger partial charge in [-0.2, -0.15) is 52.7 Å².